The summed E-state index contributed by atoms with van der Waals surface area (Å²) in [5, 5.41) is 31.5. The van der Waals surface area contributed by atoms with Crippen molar-refractivity contribution >= 4 is 0 Å². The summed E-state index contributed by atoms with van der Waals surface area (Å²) in [5.74, 6) is 0. The van der Waals surface area contributed by atoms with Crippen LogP contribution in [0.2, 0.25) is 15.7 Å². The second kappa shape index (κ2) is 15.0. The average molecular weight is 338 g/mol. The van der Waals surface area contributed by atoms with E-state index >= 15 is 0 Å². The number of hydrogen-bond donors (Lipinski definition) is 3. The normalized spacial score (nSPS) is 13.0. The zero-order valence-electron chi connectivity index (χ0n) is 15.5. The van der Waals surface area contributed by atoms with Gasteiger partial charge in [0, 0.05) is 18.3 Å². The molecule has 0 aromatic carbocycles. The van der Waals surface area contributed by atoms with Crippen molar-refractivity contribution < 1.29 is 31.9 Å². The monoisotopic (exact) mass is 338 g/mol. The molecule has 4 heteroatoms. The molecule has 21 heavy (non-hydrogen) atoms. The average Bonchev–Trinajstić information content (AvgIpc) is 2.64. The van der Waals surface area contributed by atoms with Crippen molar-refractivity contribution in [1.82, 2.24) is 0 Å². The van der Waals surface area contributed by atoms with Crippen LogP contribution < -0.4 is 0 Å². The SMILES string of the molecule is CC(C)O.CC(C)O.CC(C)O.[CH3][Ti]([CH3])([CH3])[C]1=CC=CC1. The summed E-state index contributed by atoms with van der Waals surface area (Å²) >= 11 is -1.38. The van der Waals surface area contributed by atoms with E-state index < -0.39 is 16.6 Å². The third-order valence-corrected chi connectivity index (χ3v) is 5.32. The first-order valence-corrected chi connectivity index (χ1v) is 13.2. The molecule has 0 radical (unpaired) electrons. The summed E-state index contributed by atoms with van der Waals surface area (Å²) in [6.07, 6.45) is 7.49. The van der Waals surface area contributed by atoms with E-state index in [9.17, 15) is 0 Å². The summed E-state index contributed by atoms with van der Waals surface area (Å²) < 4.78 is 1.73. The van der Waals surface area contributed by atoms with E-state index in [0.29, 0.717) is 0 Å². The van der Waals surface area contributed by atoms with E-state index in [1.54, 1.807) is 45.4 Å². The minimum absolute atomic E-state index is 0.167. The van der Waals surface area contributed by atoms with E-state index in [1.165, 1.54) is 6.42 Å². The Labute approximate surface area is 136 Å². The van der Waals surface area contributed by atoms with Gasteiger partial charge in [-0.15, -0.1) is 0 Å². The van der Waals surface area contributed by atoms with E-state index in [0.717, 1.165) is 0 Å². The second-order valence-electron chi connectivity index (χ2n) is 6.86. The van der Waals surface area contributed by atoms with Gasteiger partial charge >= 0.3 is 60.8 Å². The van der Waals surface area contributed by atoms with Crippen molar-refractivity contribution in [3.63, 3.8) is 0 Å². The van der Waals surface area contributed by atoms with Gasteiger partial charge < -0.3 is 15.3 Å². The van der Waals surface area contributed by atoms with Crippen LogP contribution in [-0.2, 0) is 16.6 Å². The molecule has 0 atom stereocenters. The van der Waals surface area contributed by atoms with Gasteiger partial charge in [-0.1, -0.05) is 0 Å². The quantitative estimate of drug-likeness (QED) is 0.625. The van der Waals surface area contributed by atoms with Crippen LogP contribution in [0.5, 0.6) is 0 Å². The molecule has 0 bridgehead atoms. The van der Waals surface area contributed by atoms with Crippen LogP contribution in [0.3, 0.4) is 0 Å². The van der Waals surface area contributed by atoms with Crippen LogP contribution in [0.4, 0.5) is 0 Å². The Morgan fingerprint density at radius 3 is 1.19 bits per heavy atom. The molecule has 3 N–H and O–H groups in total. The molecule has 0 aliphatic heterocycles. The number of aliphatic hydroxyl groups is 3. The number of allylic oxidation sites excluding steroid dienone is 4. The molecule has 0 aromatic heterocycles. The maximum absolute atomic E-state index is 8.06. The Kier molecular flexibility index (Phi) is 18.6. The predicted molar refractivity (Wildman–Crippen MR) is 91.5 cm³/mol. The molecule has 128 valence electrons. The molecular formula is C17H38O3Ti. The zero-order valence-corrected chi connectivity index (χ0v) is 17.1. The van der Waals surface area contributed by atoms with Gasteiger partial charge in [-0.2, -0.15) is 0 Å². The Morgan fingerprint density at radius 1 is 0.810 bits per heavy atom. The molecule has 0 aromatic rings. The van der Waals surface area contributed by atoms with Crippen molar-refractivity contribution in [1.29, 1.82) is 0 Å². The fourth-order valence-corrected chi connectivity index (χ4v) is 3.07. The molecular weight excluding hydrogens is 300 g/mol. The van der Waals surface area contributed by atoms with Crippen LogP contribution in [0, 0.1) is 0 Å². The van der Waals surface area contributed by atoms with Crippen molar-refractivity contribution in [3.8, 4) is 0 Å². The van der Waals surface area contributed by atoms with Gasteiger partial charge in [0.25, 0.3) is 0 Å². The fourth-order valence-electron chi connectivity index (χ4n) is 1.00. The topological polar surface area (TPSA) is 60.7 Å². The molecule has 1 aliphatic rings. The maximum atomic E-state index is 8.06. The molecule has 0 heterocycles. The van der Waals surface area contributed by atoms with Crippen molar-refractivity contribution in [2.75, 3.05) is 0 Å². The third-order valence-electron chi connectivity index (χ3n) is 1.73. The second-order valence-corrected chi connectivity index (χ2v) is 14.9. The van der Waals surface area contributed by atoms with E-state index in [1.807, 2.05) is 0 Å². The van der Waals surface area contributed by atoms with Crippen LogP contribution in [0.15, 0.2) is 22.1 Å². The first-order chi connectivity index (χ1) is 9.30. The van der Waals surface area contributed by atoms with E-state index in [2.05, 4.69) is 33.9 Å². The predicted octanol–water partition coefficient (Wildman–Crippen LogP) is 4.29. The van der Waals surface area contributed by atoms with Gasteiger partial charge in [-0.05, 0) is 41.5 Å². The van der Waals surface area contributed by atoms with Crippen molar-refractivity contribution in [2.45, 2.75) is 82.0 Å². The van der Waals surface area contributed by atoms with Gasteiger partial charge in [0.1, 0.15) is 0 Å². The van der Waals surface area contributed by atoms with Gasteiger partial charge in [0.15, 0.2) is 0 Å². The standard InChI is InChI=1S/C5H5.3C3H8O.3CH3.Ti/c1-2-4-5-3-1;3*1-3(2)4;;;;/h1-3H,4H2;3*3-4H,1-2H3;3*1H3;. The Hall–Kier alpha value is 0.0743. The first-order valence-electron chi connectivity index (χ1n) is 7.71. The van der Waals surface area contributed by atoms with E-state index in [-0.39, 0.29) is 18.3 Å². The molecule has 1 aliphatic carbocycles. The minimum atomic E-state index is -1.38. The Morgan fingerprint density at radius 2 is 1.10 bits per heavy atom. The fraction of sp³-hybridized carbons (Fsp3) is 0.765. The molecule has 0 fully saturated rings. The first kappa shape index (κ1) is 26.0. The van der Waals surface area contributed by atoms with Crippen molar-refractivity contribution in [2.24, 2.45) is 0 Å². The van der Waals surface area contributed by atoms with Gasteiger partial charge in [-0.25, -0.2) is 0 Å². The van der Waals surface area contributed by atoms with Crippen LogP contribution >= 0.6 is 0 Å². The Balaban J connectivity index is -0.000000230. The van der Waals surface area contributed by atoms with Gasteiger partial charge in [0.2, 0.25) is 0 Å². The van der Waals surface area contributed by atoms with Crippen LogP contribution in [0.25, 0.3) is 0 Å². The summed E-state index contributed by atoms with van der Waals surface area (Å²) in [5.41, 5.74) is 0. The van der Waals surface area contributed by atoms with Gasteiger partial charge in [0.05, 0.1) is 0 Å². The zero-order chi connectivity index (χ0) is 17.6. The van der Waals surface area contributed by atoms with Gasteiger partial charge in [-0.3, -0.25) is 0 Å². The Bertz CT molecular complexity index is 252. The summed E-state index contributed by atoms with van der Waals surface area (Å²) in [7, 11) is 0. The summed E-state index contributed by atoms with van der Waals surface area (Å²) in [4.78, 5) is 0. The third kappa shape index (κ3) is 38.4. The summed E-state index contributed by atoms with van der Waals surface area (Å²) in [6, 6.07) is 0. The summed E-state index contributed by atoms with van der Waals surface area (Å²) in [6.45, 7) is 10.3. The van der Waals surface area contributed by atoms with Crippen LogP contribution in [0.1, 0.15) is 48.0 Å². The van der Waals surface area contributed by atoms with Crippen LogP contribution in [-0.4, -0.2) is 33.6 Å². The molecule has 0 saturated carbocycles. The number of hydrogen-bond acceptors (Lipinski definition) is 3. The number of rotatable bonds is 1. The molecule has 0 unspecified atom stereocenters. The van der Waals surface area contributed by atoms with E-state index in [4.69, 9.17) is 15.3 Å². The van der Waals surface area contributed by atoms with Crippen molar-refractivity contribution in [3.05, 3.63) is 22.1 Å². The molecule has 1 rings (SSSR count). The molecule has 0 saturated heterocycles. The molecule has 0 spiro atoms. The molecule has 3 nitrogen and oxygen atoms in total. The molecule has 0 amide bonds. The number of aliphatic hydroxyl groups excluding tert-OH is 3.